The number of ether oxygens (including phenoxy) is 1. The van der Waals surface area contributed by atoms with E-state index in [2.05, 4.69) is 25.9 Å². The van der Waals surface area contributed by atoms with Gasteiger partial charge in [0, 0.05) is 44.6 Å². The van der Waals surface area contributed by atoms with Gasteiger partial charge in [-0.25, -0.2) is 14.4 Å². The average molecular weight is 448 g/mol. The summed E-state index contributed by atoms with van der Waals surface area (Å²) in [6.07, 6.45) is 2.78. The van der Waals surface area contributed by atoms with Crippen LogP contribution in [0.15, 0.2) is 30.5 Å². The first-order chi connectivity index (χ1) is 15.1. The Bertz CT molecular complexity index is 909. The average Bonchev–Trinajstić information content (AvgIpc) is 2.80. The Balaban J connectivity index is 1.44. The van der Waals surface area contributed by atoms with Crippen molar-refractivity contribution in [3.63, 3.8) is 0 Å². The summed E-state index contributed by atoms with van der Waals surface area (Å²) in [6, 6.07) is 7.40. The highest BCUT2D eigenvalue weighted by Crippen LogP contribution is 2.29. The number of carbonyl (C=O) groups excluding carboxylic acids is 1. The topological polar surface area (TPSA) is 88.2 Å². The number of piperidine rings is 1. The van der Waals surface area contributed by atoms with Crippen LogP contribution in [0.3, 0.4) is 0 Å². The van der Waals surface area contributed by atoms with Crippen LogP contribution in [0.2, 0.25) is 5.02 Å². The number of hydrogen-bond donors (Lipinski definition) is 3. The minimum atomic E-state index is -1.01. The number of hydrogen-bond acceptors (Lipinski definition) is 6. The van der Waals surface area contributed by atoms with Crippen LogP contribution in [0.5, 0.6) is 0 Å². The molecule has 9 heteroatoms. The van der Waals surface area contributed by atoms with E-state index in [0.29, 0.717) is 34.6 Å². The first-order valence-corrected chi connectivity index (χ1v) is 11.1. The third kappa shape index (κ3) is 5.90. The van der Waals surface area contributed by atoms with Crippen molar-refractivity contribution in [2.24, 2.45) is 11.8 Å². The molecule has 0 aromatic carbocycles. The smallest absolute Gasteiger partial charge is 0.230 e. The number of pyridine rings is 2. The van der Waals surface area contributed by atoms with Crippen molar-refractivity contribution >= 4 is 29.1 Å². The molecule has 0 radical (unpaired) electrons. The fraction of sp³-hybridized carbons (Fsp3) is 0.500. The lowest BCUT2D eigenvalue weighted by Gasteiger charge is -2.24. The van der Waals surface area contributed by atoms with Crippen molar-refractivity contribution in [1.82, 2.24) is 15.3 Å². The molecule has 166 valence electrons. The number of nitrogens with zero attached hydrogens (tertiary/aromatic N) is 2. The van der Waals surface area contributed by atoms with Crippen LogP contribution in [0.1, 0.15) is 19.3 Å². The molecule has 2 aliphatic heterocycles. The molecule has 2 fully saturated rings. The van der Waals surface area contributed by atoms with Gasteiger partial charge in [-0.1, -0.05) is 17.7 Å². The SMILES string of the molecule is O=C(Nc1cc(-c2cccc(NCC3CCOCC3)n2)c(Cl)cn1)C1CNCC(F)C1. The van der Waals surface area contributed by atoms with Crippen LogP contribution in [-0.4, -0.2) is 54.9 Å². The maximum atomic E-state index is 13.6. The summed E-state index contributed by atoms with van der Waals surface area (Å²) in [5.74, 6) is 1.03. The number of halogens is 2. The Hall–Kier alpha value is -2.29. The Morgan fingerprint density at radius 3 is 2.90 bits per heavy atom. The number of nitrogens with one attached hydrogen (secondary N) is 3. The van der Waals surface area contributed by atoms with E-state index in [-0.39, 0.29) is 18.9 Å². The largest absolute Gasteiger partial charge is 0.381 e. The van der Waals surface area contributed by atoms with Crippen LogP contribution in [0.25, 0.3) is 11.3 Å². The zero-order valence-electron chi connectivity index (χ0n) is 17.2. The van der Waals surface area contributed by atoms with E-state index >= 15 is 0 Å². The number of alkyl halides is 1. The predicted octanol–water partition coefficient (Wildman–Crippen LogP) is 3.52. The van der Waals surface area contributed by atoms with Gasteiger partial charge in [-0.2, -0.15) is 0 Å². The monoisotopic (exact) mass is 447 g/mol. The first-order valence-electron chi connectivity index (χ1n) is 10.7. The second kappa shape index (κ2) is 10.3. The molecular formula is C22H27ClFN5O2. The number of aromatic nitrogens is 2. The number of rotatable bonds is 6. The maximum Gasteiger partial charge on any atom is 0.230 e. The summed E-state index contributed by atoms with van der Waals surface area (Å²) in [5, 5.41) is 9.56. The van der Waals surface area contributed by atoms with Crippen molar-refractivity contribution in [3.8, 4) is 11.3 Å². The van der Waals surface area contributed by atoms with Gasteiger partial charge in [0.1, 0.15) is 17.8 Å². The van der Waals surface area contributed by atoms with Gasteiger partial charge < -0.3 is 20.7 Å². The fourth-order valence-corrected chi connectivity index (χ4v) is 4.10. The lowest BCUT2D eigenvalue weighted by Crippen LogP contribution is -2.42. The molecule has 4 rings (SSSR count). The van der Waals surface area contributed by atoms with Gasteiger partial charge in [-0.3, -0.25) is 4.79 Å². The van der Waals surface area contributed by atoms with Gasteiger partial charge in [0.05, 0.1) is 16.6 Å². The minimum absolute atomic E-state index is 0.210. The van der Waals surface area contributed by atoms with E-state index in [0.717, 1.165) is 38.4 Å². The van der Waals surface area contributed by atoms with E-state index in [1.807, 2.05) is 18.2 Å². The minimum Gasteiger partial charge on any atom is -0.381 e. The molecule has 2 unspecified atom stereocenters. The predicted molar refractivity (Wildman–Crippen MR) is 119 cm³/mol. The summed E-state index contributed by atoms with van der Waals surface area (Å²) < 4.78 is 19.0. The second-order valence-electron chi connectivity index (χ2n) is 8.07. The molecular weight excluding hydrogens is 421 g/mol. The van der Waals surface area contributed by atoms with Crippen LogP contribution < -0.4 is 16.0 Å². The van der Waals surface area contributed by atoms with Crippen molar-refractivity contribution in [2.45, 2.75) is 25.4 Å². The molecule has 0 spiro atoms. The summed E-state index contributed by atoms with van der Waals surface area (Å²) in [6.45, 7) is 3.21. The number of amides is 1. The lowest BCUT2D eigenvalue weighted by atomic mass is 9.97. The van der Waals surface area contributed by atoms with Crippen molar-refractivity contribution < 1.29 is 13.9 Å². The summed E-state index contributed by atoms with van der Waals surface area (Å²) >= 11 is 6.38. The first kappa shape index (κ1) is 21.9. The Labute approximate surface area is 186 Å². The molecule has 0 aliphatic carbocycles. The van der Waals surface area contributed by atoms with Gasteiger partial charge in [0.25, 0.3) is 0 Å². The van der Waals surface area contributed by atoms with Crippen LogP contribution in [0.4, 0.5) is 16.0 Å². The molecule has 2 aromatic heterocycles. The molecule has 1 amide bonds. The summed E-state index contributed by atoms with van der Waals surface area (Å²) in [5.41, 5.74) is 1.36. The molecule has 7 nitrogen and oxygen atoms in total. The maximum absolute atomic E-state index is 13.6. The van der Waals surface area contributed by atoms with Crippen LogP contribution in [-0.2, 0) is 9.53 Å². The highest BCUT2D eigenvalue weighted by molar-refractivity contribution is 6.33. The van der Waals surface area contributed by atoms with Crippen LogP contribution >= 0.6 is 11.6 Å². The number of carbonyl (C=O) groups is 1. The van der Waals surface area contributed by atoms with Gasteiger partial charge in [-0.05, 0) is 43.4 Å². The molecule has 0 saturated carbocycles. The third-order valence-electron chi connectivity index (χ3n) is 5.71. The van der Waals surface area contributed by atoms with E-state index in [1.54, 1.807) is 6.07 Å². The van der Waals surface area contributed by atoms with E-state index in [1.165, 1.54) is 6.20 Å². The third-order valence-corrected chi connectivity index (χ3v) is 6.01. The molecule has 2 saturated heterocycles. The van der Waals surface area contributed by atoms with E-state index < -0.39 is 12.1 Å². The molecule has 4 heterocycles. The highest BCUT2D eigenvalue weighted by atomic mass is 35.5. The zero-order valence-corrected chi connectivity index (χ0v) is 18.0. The molecule has 3 N–H and O–H groups in total. The Kier molecular flexibility index (Phi) is 7.32. The summed E-state index contributed by atoms with van der Waals surface area (Å²) in [7, 11) is 0. The molecule has 2 atom stereocenters. The zero-order chi connectivity index (χ0) is 21.6. The molecule has 0 bridgehead atoms. The van der Waals surface area contributed by atoms with Crippen molar-refractivity contribution in [2.75, 3.05) is 43.5 Å². The fourth-order valence-electron chi connectivity index (χ4n) is 3.90. The quantitative estimate of drug-likeness (QED) is 0.628. The Morgan fingerprint density at radius 1 is 1.26 bits per heavy atom. The van der Waals surface area contributed by atoms with Crippen molar-refractivity contribution in [1.29, 1.82) is 0 Å². The van der Waals surface area contributed by atoms with E-state index in [9.17, 15) is 9.18 Å². The normalized spacial score (nSPS) is 22.1. The van der Waals surface area contributed by atoms with Gasteiger partial charge in [0.15, 0.2) is 0 Å². The summed E-state index contributed by atoms with van der Waals surface area (Å²) in [4.78, 5) is 21.4. The second-order valence-corrected chi connectivity index (χ2v) is 8.48. The molecule has 2 aromatic rings. The highest BCUT2D eigenvalue weighted by Gasteiger charge is 2.27. The molecule has 2 aliphatic rings. The van der Waals surface area contributed by atoms with Crippen LogP contribution in [0, 0.1) is 11.8 Å². The lowest BCUT2D eigenvalue weighted by molar-refractivity contribution is -0.120. The van der Waals surface area contributed by atoms with Gasteiger partial charge >= 0.3 is 0 Å². The van der Waals surface area contributed by atoms with Gasteiger partial charge in [-0.15, -0.1) is 0 Å². The van der Waals surface area contributed by atoms with Crippen molar-refractivity contribution in [3.05, 3.63) is 35.5 Å². The number of anilines is 2. The van der Waals surface area contributed by atoms with E-state index in [4.69, 9.17) is 16.3 Å². The molecule has 31 heavy (non-hydrogen) atoms. The Morgan fingerprint density at radius 2 is 2.10 bits per heavy atom. The standard InChI is InChI=1S/C22H27ClFN5O2/c23-18-13-27-21(29-22(30)15-8-16(24)12-25-11-15)9-17(18)19-2-1-3-20(28-19)26-10-14-4-6-31-7-5-14/h1-3,9,13-16,25H,4-8,10-12H2,(H,26,28)(H,27,29,30). The van der Waals surface area contributed by atoms with Gasteiger partial charge in [0.2, 0.25) is 5.91 Å².